The summed E-state index contributed by atoms with van der Waals surface area (Å²) in [6, 6.07) is 9.46. The van der Waals surface area contributed by atoms with Crippen LogP contribution in [0.4, 0.5) is 16.2 Å². The molecule has 2 rings (SSSR count). The largest absolute Gasteiger partial charge is 0.506 e. The quantitative estimate of drug-likeness (QED) is 0.614. The van der Waals surface area contributed by atoms with E-state index in [-0.39, 0.29) is 11.4 Å². The van der Waals surface area contributed by atoms with Crippen molar-refractivity contribution in [2.24, 2.45) is 0 Å². The Labute approximate surface area is 170 Å². The van der Waals surface area contributed by atoms with Crippen molar-refractivity contribution in [3.63, 3.8) is 0 Å². The SMILES string of the molecule is C=C(C)c1ccc(NC(=O)c2ccc(NC(=O)OC(C)(C)C)c(OC)c2)c(O)c1. The minimum atomic E-state index is -0.640. The second kappa shape index (κ2) is 8.68. The van der Waals surface area contributed by atoms with E-state index in [1.807, 2.05) is 6.92 Å². The van der Waals surface area contributed by atoms with Crippen LogP contribution in [0.1, 0.15) is 43.6 Å². The molecule has 7 nitrogen and oxygen atoms in total. The molecule has 7 heteroatoms. The zero-order valence-electron chi connectivity index (χ0n) is 17.3. The molecular weight excluding hydrogens is 372 g/mol. The normalized spacial score (nSPS) is 10.8. The molecule has 0 aliphatic carbocycles. The van der Waals surface area contributed by atoms with Crippen LogP contribution < -0.4 is 15.4 Å². The van der Waals surface area contributed by atoms with Gasteiger partial charge in [0.15, 0.2) is 0 Å². The van der Waals surface area contributed by atoms with Crippen LogP contribution in [0.15, 0.2) is 43.0 Å². The molecule has 2 amide bonds. The number of carbonyl (C=O) groups excluding carboxylic acids is 2. The van der Waals surface area contributed by atoms with Gasteiger partial charge in [-0.25, -0.2) is 4.79 Å². The predicted octanol–water partition coefficient (Wildman–Crippen LogP) is 5.03. The van der Waals surface area contributed by atoms with E-state index in [0.717, 1.165) is 11.1 Å². The highest BCUT2D eigenvalue weighted by Gasteiger charge is 2.18. The molecule has 2 aromatic rings. The van der Waals surface area contributed by atoms with Crippen LogP contribution in [-0.2, 0) is 4.74 Å². The van der Waals surface area contributed by atoms with E-state index in [2.05, 4.69) is 17.2 Å². The number of amides is 2. The summed E-state index contributed by atoms with van der Waals surface area (Å²) in [5, 5.41) is 15.4. The summed E-state index contributed by atoms with van der Waals surface area (Å²) >= 11 is 0. The predicted molar refractivity (Wildman–Crippen MR) is 114 cm³/mol. The Bertz CT molecular complexity index is 945. The molecule has 0 saturated heterocycles. The van der Waals surface area contributed by atoms with E-state index in [4.69, 9.17) is 9.47 Å². The Morgan fingerprint density at radius 1 is 1.00 bits per heavy atom. The molecule has 0 radical (unpaired) electrons. The van der Waals surface area contributed by atoms with Gasteiger partial charge in [-0.05, 0) is 63.6 Å². The molecule has 0 unspecified atom stereocenters. The summed E-state index contributed by atoms with van der Waals surface area (Å²) in [5.41, 5.74) is 1.87. The maximum Gasteiger partial charge on any atom is 0.412 e. The maximum atomic E-state index is 12.6. The number of phenols is 1. The smallest absolute Gasteiger partial charge is 0.412 e. The lowest BCUT2D eigenvalue weighted by atomic mass is 10.1. The first-order valence-corrected chi connectivity index (χ1v) is 8.98. The molecule has 0 spiro atoms. The van der Waals surface area contributed by atoms with E-state index in [1.54, 1.807) is 39.0 Å². The molecule has 0 aliphatic rings. The van der Waals surface area contributed by atoms with Crippen molar-refractivity contribution >= 4 is 28.9 Å². The number of anilines is 2. The Kier molecular flexibility index (Phi) is 6.53. The lowest BCUT2D eigenvalue weighted by Crippen LogP contribution is -2.27. The molecule has 0 heterocycles. The Hall–Kier alpha value is -3.48. The number of benzene rings is 2. The number of hydrogen-bond acceptors (Lipinski definition) is 5. The number of nitrogens with one attached hydrogen (secondary N) is 2. The topological polar surface area (TPSA) is 96.9 Å². The van der Waals surface area contributed by atoms with Gasteiger partial charge in [0.1, 0.15) is 17.1 Å². The second-order valence-corrected chi connectivity index (χ2v) is 7.51. The monoisotopic (exact) mass is 398 g/mol. The van der Waals surface area contributed by atoms with Gasteiger partial charge >= 0.3 is 6.09 Å². The van der Waals surface area contributed by atoms with Crippen LogP contribution in [0.25, 0.3) is 5.57 Å². The number of methoxy groups -OCH3 is 1. The number of carbonyl (C=O) groups is 2. The first-order valence-electron chi connectivity index (χ1n) is 8.98. The van der Waals surface area contributed by atoms with Crippen LogP contribution in [0.3, 0.4) is 0 Å². The summed E-state index contributed by atoms with van der Waals surface area (Å²) in [6.07, 6.45) is -0.629. The molecule has 2 aromatic carbocycles. The zero-order valence-corrected chi connectivity index (χ0v) is 17.3. The average molecular weight is 398 g/mol. The van der Waals surface area contributed by atoms with Gasteiger partial charge in [-0.2, -0.15) is 0 Å². The third kappa shape index (κ3) is 6.00. The van der Waals surface area contributed by atoms with Gasteiger partial charge in [0.2, 0.25) is 0 Å². The first kappa shape index (κ1) is 21.8. The van der Waals surface area contributed by atoms with Gasteiger partial charge in [-0.1, -0.05) is 18.2 Å². The average Bonchev–Trinajstić information content (AvgIpc) is 2.61. The number of aromatic hydroxyl groups is 1. The van der Waals surface area contributed by atoms with Crippen LogP contribution in [0.5, 0.6) is 11.5 Å². The van der Waals surface area contributed by atoms with E-state index in [1.165, 1.54) is 25.3 Å². The van der Waals surface area contributed by atoms with Gasteiger partial charge in [0.25, 0.3) is 5.91 Å². The molecule has 0 atom stereocenters. The standard InChI is InChI=1S/C22H26N2O5/c1-13(2)14-7-9-16(18(25)11-14)23-20(26)15-8-10-17(19(12-15)28-6)24-21(27)29-22(3,4)5/h7-12,25H,1H2,2-6H3,(H,23,26)(H,24,27). The third-order valence-electron chi connectivity index (χ3n) is 3.84. The Morgan fingerprint density at radius 2 is 1.62 bits per heavy atom. The summed E-state index contributed by atoms with van der Waals surface area (Å²) in [6.45, 7) is 10.9. The van der Waals surface area contributed by atoms with Gasteiger partial charge < -0.3 is 19.9 Å². The van der Waals surface area contributed by atoms with E-state index >= 15 is 0 Å². The van der Waals surface area contributed by atoms with E-state index in [0.29, 0.717) is 17.0 Å². The molecule has 0 aromatic heterocycles. The van der Waals surface area contributed by atoms with Crippen molar-refractivity contribution in [3.8, 4) is 11.5 Å². The second-order valence-electron chi connectivity index (χ2n) is 7.51. The molecule has 0 bridgehead atoms. The van der Waals surface area contributed by atoms with Gasteiger partial charge in [0.05, 0.1) is 18.5 Å². The number of ether oxygens (including phenoxy) is 2. The van der Waals surface area contributed by atoms with Gasteiger partial charge in [0, 0.05) is 5.56 Å². The minimum absolute atomic E-state index is 0.0611. The number of hydrogen-bond donors (Lipinski definition) is 3. The molecule has 0 saturated carbocycles. The fourth-order valence-corrected chi connectivity index (χ4v) is 2.45. The number of rotatable bonds is 5. The summed E-state index contributed by atoms with van der Waals surface area (Å²) in [4.78, 5) is 24.5. The fourth-order valence-electron chi connectivity index (χ4n) is 2.45. The Balaban J connectivity index is 2.17. The molecule has 3 N–H and O–H groups in total. The third-order valence-corrected chi connectivity index (χ3v) is 3.84. The van der Waals surface area contributed by atoms with Crippen molar-refractivity contribution in [2.75, 3.05) is 17.7 Å². The summed E-state index contributed by atoms with van der Waals surface area (Å²) in [7, 11) is 1.43. The first-order chi connectivity index (χ1) is 13.5. The number of phenolic OH excluding ortho intramolecular Hbond substituents is 1. The molecule has 0 fully saturated rings. The lowest BCUT2D eigenvalue weighted by molar-refractivity contribution is 0.0635. The lowest BCUT2D eigenvalue weighted by Gasteiger charge is -2.20. The van der Waals surface area contributed by atoms with Gasteiger partial charge in [-0.15, -0.1) is 0 Å². The van der Waals surface area contributed by atoms with Crippen LogP contribution in [0, 0.1) is 0 Å². The van der Waals surface area contributed by atoms with Crippen molar-refractivity contribution in [2.45, 2.75) is 33.3 Å². The maximum absolute atomic E-state index is 12.6. The number of allylic oxidation sites excluding steroid dienone is 1. The zero-order chi connectivity index (χ0) is 21.8. The van der Waals surface area contributed by atoms with E-state index in [9.17, 15) is 14.7 Å². The highest BCUT2D eigenvalue weighted by atomic mass is 16.6. The summed E-state index contributed by atoms with van der Waals surface area (Å²) in [5.74, 6) is -0.204. The van der Waals surface area contributed by atoms with Crippen molar-refractivity contribution in [3.05, 3.63) is 54.1 Å². The van der Waals surface area contributed by atoms with Gasteiger partial charge in [-0.3, -0.25) is 10.1 Å². The van der Waals surface area contributed by atoms with Crippen LogP contribution >= 0.6 is 0 Å². The molecule has 29 heavy (non-hydrogen) atoms. The van der Waals surface area contributed by atoms with E-state index < -0.39 is 17.6 Å². The highest BCUT2D eigenvalue weighted by molar-refractivity contribution is 6.06. The summed E-state index contributed by atoms with van der Waals surface area (Å²) < 4.78 is 10.5. The van der Waals surface area contributed by atoms with Crippen LogP contribution in [0.2, 0.25) is 0 Å². The van der Waals surface area contributed by atoms with Crippen molar-refractivity contribution in [1.29, 1.82) is 0 Å². The van der Waals surface area contributed by atoms with Crippen LogP contribution in [-0.4, -0.2) is 29.8 Å². The fraction of sp³-hybridized carbons (Fsp3) is 0.273. The molecule has 154 valence electrons. The Morgan fingerprint density at radius 3 is 2.17 bits per heavy atom. The van der Waals surface area contributed by atoms with Crippen molar-refractivity contribution < 1.29 is 24.2 Å². The van der Waals surface area contributed by atoms with Crippen molar-refractivity contribution in [1.82, 2.24) is 0 Å². The molecular formula is C22H26N2O5. The minimum Gasteiger partial charge on any atom is -0.506 e. The molecule has 0 aliphatic heterocycles. The highest BCUT2D eigenvalue weighted by Crippen LogP contribution is 2.29.